The highest BCUT2D eigenvalue weighted by atomic mass is 16.5. The van der Waals surface area contributed by atoms with Gasteiger partial charge in [0.1, 0.15) is 5.75 Å². The third-order valence-electron chi connectivity index (χ3n) is 4.16. The molecule has 24 heavy (non-hydrogen) atoms. The average molecular weight is 333 g/mol. The molecule has 6 heteroatoms. The average Bonchev–Trinajstić information content (AvgIpc) is 2.86. The van der Waals surface area contributed by atoms with Crippen molar-refractivity contribution in [3.63, 3.8) is 0 Å². The fourth-order valence-electron chi connectivity index (χ4n) is 3.15. The maximum Gasteiger partial charge on any atom is 0.318 e. The van der Waals surface area contributed by atoms with E-state index in [0.29, 0.717) is 18.7 Å². The van der Waals surface area contributed by atoms with Crippen molar-refractivity contribution in [2.24, 2.45) is 0 Å². The van der Waals surface area contributed by atoms with Gasteiger partial charge in [0.05, 0.1) is 13.2 Å². The number of methoxy groups -OCH3 is 1. The molecule has 0 radical (unpaired) electrons. The van der Waals surface area contributed by atoms with Crippen LogP contribution in [0.3, 0.4) is 0 Å². The first-order chi connectivity index (χ1) is 11.3. The number of hydrogen-bond acceptors (Lipinski definition) is 3. The Morgan fingerprint density at radius 3 is 2.54 bits per heavy atom. The highest BCUT2D eigenvalue weighted by Gasteiger charge is 2.33. The molecule has 1 heterocycles. The van der Waals surface area contributed by atoms with Crippen LogP contribution >= 0.6 is 0 Å². The van der Waals surface area contributed by atoms with E-state index in [1.165, 1.54) is 0 Å². The molecule has 0 spiro atoms. The Kier molecular flexibility index (Phi) is 5.70. The van der Waals surface area contributed by atoms with Crippen molar-refractivity contribution in [2.45, 2.75) is 52.2 Å². The first-order valence-electron chi connectivity index (χ1n) is 8.36. The number of benzene rings is 1. The quantitative estimate of drug-likeness (QED) is 0.901. The molecular formula is C18H27N3O3. The molecular weight excluding hydrogens is 306 g/mol. The second kappa shape index (κ2) is 7.55. The number of hydrogen-bond donors (Lipinski definition) is 1. The normalized spacial score (nSPS) is 17.5. The Morgan fingerprint density at radius 2 is 1.96 bits per heavy atom. The van der Waals surface area contributed by atoms with Crippen molar-refractivity contribution in [2.75, 3.05) is 18.6 Å². The Hall–Kier alpha value is -2.24. The van der Waals surface area contributed by atoms with Gasteiger partial charge in [0.25, 0.3) is 0 Å². The van der Waals surface area contributed by atoms with Crippen LogP contribution in [0.5, 0.6) is 5.75 Å². The van der Waals surface area contributed by atoms with Gasteiger partial charge in [0.15, 0.2) is 0 Å². The summed E-state index contributed by atoms with van der Waals surface area (Å²) in [4.78, 5) is 28.3. The van der Waals surface area contributed by atoms with E-state index >= 15 is 0 Å². The van der Waals surface area contributed by atoms with Crippen molar-refractivity contribution in [1.29, 1.82) is 0 Å². The summed E-state index contributed by atoms with van der Waals surface area (Å²) in [6.07, 6.45) is 0.312. The molecule has 1 atom stereocenters. The van der Waals surface area contributed by atoms with Crippen LogP contribution in [0.25, 0.3) is 0 Å². The van der Waals surface area contributed by atoms with Gasteiger partial charge in [-0.25, -0.2) is 4.79 Å². The smallest absolute Gasteiger partial charge is 0.318 e. The zero-order valence-electron chi connectivity index (χ0n) is 15.1. The number of anilines is 1. The third-order valence-corrected chi connectivity index (χ3v) is 4.16. The lowest BCUT2D eigenvalue weighted by Gasteiger charge is -2.32. The molecule has 1 N–H and O–H groups in total. The van der Waals surface area contributed by atoms with E-state index < -0.39 is 0 Å². The van der Waals surface area contributed by atoms with Crippen LogP contribution in [0, 0.1) is 0 Å². The maximum atomic E-state index is 12.5. The highest BCUT2D eigenvalue weighted by Crippen LogP contribution is 2.25. The minimum absolute atomic E-state index is 0.00852. The first kappa shape index (κ1) is 18.1. The van der Waals surface area contributed by atoms with Gasteiger partial charge in [-0.05, 0) is 39.8 Å². The monoisotopic (exact) mass is 333 g/mol. The highest BCUT2D eigenvalue weighted by molar-refractivity contribution is 5.97. The number of rotatable bonds is 5. The van der Waals surface area contributed by atoms with E-state index in [1.807, 2.05) is 52.0 Å². The lowest BCUT2D eigenvalue weighted by Crippen LogP contribution is -2.51. The predicted octanol–water partition coefficient (Wildman–Crippen LogP) is 2.63. The van der Waals surface area contributed by atoms with E-state index in [2.05, 4.69) is 5.32 Å². The molecule has 0 aliphatic carbocycles. The lowest BCUT2D eigenvalue weighted by atomic mass is 10.2. The van der Waals surface area contributed by atoms with Gasteiger partial charge in [-0.2, -0.15) is 0 Å². The maximum absolute atomic E-state index is 12.5. The summed E-state index contributed by atoms with van der Waals surface area (Å²) in [6, 6.07) is 7.31. The molecule has 1 aliphatic heterocycles. The van der Waals surface area contributed by atoms with Crippen LogP contribution in [-0.4, -0.2) is 48.6 Å². The van der Waals surface area contributed by atoms with Crippen molar-refractivity contribution in [3.8, 4) is 5.75 Å². The van der Waals surface area contributed by atoms with E-state index in [4.69, 9.17) is 4.74 Å². The Bertz CT molecular complexity index is 593. The summed E-state index contributed by atoms with van der Waals surface area (Å²) in [5.41, 5.74) is 0.792. The molecule has 1 unspecified atom stereocenters. The molecule has 0 saturated carbocycles. The molecule has 2 rings (SSSR count). The van der Waals surface area contributed by atoms with Gasteiger partial charge in [-0.1, -0.05) is 6.07 Å². The minimum Gasteiger partial charge on any atom is -0.497 e. The van der Waals surface area contributed by atoms with Crippen molar-refractivity contribution < 1.29 is 14.3 Å². The molecule has 6 nitrogen and oxygen atoms in total. The summed E-state index contributed by atoms with van der Waals surface area (Å²) in [7, 11) is 1.60. The summed E-state index contributed by atoms with van der Waals surface area (Å²) in [5.74, 6) is 0.716. The lowest BCUT2D eigenvalue weighted by molar-refractivity contribution is -0.117. The van der Waals surface area contributed by atoms with E-state index in [1.54, 1.807) is 16.9 Å². The molecule has 132 valence electrons. The SMILES string of the molecule is COc1cccc(N2CC(NC(=O)N(C(C)C)C(C)C)CC2=O)c1. The number of ether oxygens (including phenoxy) is 1. The Morgan fingerprint density at radius 1 is 1.29 bits per heavy atom. The zero-order chi connectivity index (χ0) is 17.9. The fourth-order valence-corrected chi connectivity index (χ4v) is 3.15. The number of amides is 3. The second-order valence-electron chi connectivity index (χ2n) is 6.65. The van der Waals surface area contributed by atoms with Gasteiger partial charge < -0.3 is 19.9 Å². The molecule has 0 bridgehead atoms. The summed E-state index contributed by atoms with van der Waals surface area (Å²) in [5, 5.41) is 2.99. The fraction of sp³-hybridized carbons (Fsp3) is 0.556. The van der Waals surface area contributed by atoms with Crippen LogP contribution in [0.4, 0.5) is 10.5 Å². The van der Waals surface area contributed by atoms with Gasteiger partial charge in [-0.15, -0.1) is 0 Å². The van der Waals surface area contributed by atoms with Crippen LogP contribution in [-0.2, 0) is 4.79 Å². The van der Waals surface area contributed by atoms with Gasteiger partial charge in [-0.3, -0.25) is 4.79 Å². The van der Waals surface area contributed by atoms with Crippen LogP contribution in [0.15, 0.2) is 24.3 Å². The van der Waals surface area contributed by atoms with Crippen LogP contribution < -0.4 is 15.0 Å². The topological polar surface area (TPSA) is 61.9 Å². The first-order valence-corrected chi connectivity index (χ1v) is 8.36. The van der Waals surface area contributed by atoms with Crippen LogP contribution in [0.1, 0.15) is 34.1 Å². The van der Waals surface area contributed by atoms with Gasteiger partial charge in [0.2, 0.25) is 5.91 Å². The molecule has 1 saturated heterocycles. The number of nitrogens with zero attached hydrogens (tertiary/aromatic N) is 2. The summed E-state index contributed by atoms with van der Waals surface area (Å²) < 4.78 is 5.21. The minimum atomic E-state index is -0.184. The molecule has 0 aromatic heterocycles. The second-order valence-corrected chi connectivity index (χ2v) is 6.65. The third kappa shape index (κ3) is 3.99. The predicted molar refractivity (Wildman–Crippen MR) is 94.4 cm³/mol. The molecule has 1 aliphatic rings. The Balaban J connectivity index is 2.05. The van der Waals surface area contributed by atoms with E-state index in [0.717, 1.165) is 5.69 Å². The number of urea groups is 1. The van der Waals surface area contributed by atoms with E-state index in [9.17, 15) is 9.59 Å². The van der Waals surface area contributed by atoms with Crippen LogP contribution in [0.2, 0.25) is 0 Å². The van der Waals surface area contributed by atoms with Crippen molar-refractivity contribution in [1.82, 2.24) is 10.2 Å². The largest absolute Gasteiger partial charge is 0.497 e. The summed E-state index contributed by atoms with van der Waals surface area (Å²) >= 11 is 0. The van der Waals surface area contributed by atoms with Crippen molar-refractivity contribution in [3.05, 3.63) is 24.3 Å². The molecule has 3 amide bonds. The molecule has 1 fully saturated rings. The Labute approximate surface area is 143 Å². The number of nitrogens with one attached hydrogen (secondary N) is 1. The van der Waals surface area contributed by atoms with Gasteiger partial charge in [0, 0.05) is 36.8 Å². The van der Waals surface area contributed by atoms with E-state index in [-0.39, 0.29) is 30.1 Å². The molecule has 1 aromatic carbocycles. The van der Waals surface area contributed by atoms with Gasteiger partial charge >= 0.3 is 6.03 Å². The zero-order valence-corrected chi connectivity index (χ0v) is 15.1. The summed E-state index contributed by atoms with van der Waals surface area (Å²) in [6.45, 7) is 8.43. The number of carbonyl (C=O) groups excluding carboxylic acids is 2. The standard InChI is InChI=1S/C18H27N3O3/c1-12(2)21(13(3)4)18(23)19-14-9-17(22)20(11-14)15-7-6-8-16(10-15)24-5/h6-8,10,12-14H,9,11H2,1-5H3,(H,19,23). The molecule has 1 aromatic rings. The van der Waals surface area contributed by atoms with Crippen molar-refractivity contribution >= 4 is 17.6 Å². The number of carbonyl (C=O) groups is 2.